The smallest absolute Gasteiger partial charge is 0.302 e. The van der Waals surface area contributed by atoms with Crippen LogP contribution >= 0.6 is 0 Å². The van der Waals surface area contributed by atoms with E-state index in [9.17, 15) is 9.59 Å². The minimum Gasteiger partial charge on any atom is -0.466 e. The van der Waals surface area contributed by atoms with E-state index in [-0.39, 0.29) is 18.1 Å². The molecule has 0 aliphatic heterocycles. The van der Waals surface area contributed by atoms with Crippen molar-refractivity contribution in [3.8, 4) is 0 Å². The van der Waals surface area contributed by atoms with Crippen molar-refractivity contribution in [2.45, 2.75) is 20.3 Å². The fourth-order valence-electron chi connectivity index (χ4n) is 2.61. The Morgan fingerprint density at radius 3 is 2.86 bits per heavy atom. The molecule has 0 aliphatic carbocycles. The largest absolute Gasteiger partial charge is 0.466 e. The molecule has 0 atom stereocenters. The van der Waals surface area contributed by atoms with Gasteiger partial charge in [0.1, 0.15) is 5.65 Å². The summed E-state index contributed by atoms with van der Waals surface area (Å²) in [5.74, 6) is -0.332. The molecule has 1 aromatic carbocycles. The van der Waals surface area contributed by atoms with Crippen LogP contribution in [-0.2, 0) is 16.0 Å². The minimum atomic E-state index is -0.332. The van der Waals surface area contributed by atoms with E-state index in [1.165, 1.54) is 6.92 Å². The molecule has 3 rings (SSSR count). The number of aryl methyl sites for hydroxylation is 1. The number of aromatic amines is 1. The third kappa shape index (κ3) is 2.31. The van der Waals surface area contributed by atoms with Crippen molar-refractivity contribution in [3.63, 3.8) is 0 Å². The Morgan fingerprint density at radius 2 is 2.10 bits per heavy atom. The van der Waals surface area contributed by atoms with Crippen molar-refractivity contribution in [2.24, 2.45) is 0 Å². The van der Waals surface area contributed by atoms with Gasteiger partial charge >= 0.3 is 5.97 Å². The van der Waals surface area contributed by atoms with Crippen LogP contribution in [0.3, 0.4) is 0 Å². The van der Waals surface area contributed by atoms with Crippen LogP contribution in [0.4, 0.5) is 0 Å². The normalized spacial score (nSPS) is 11.1. The Balaban J connectivity index is 2.15. The third-order valence-corrected chi connectivity index (χ3v) is 3.60. The number of aromatic nitrogens is 2. The molecule has 3 aromatic rings. The standard InChI is InChI=1S/C16H16N2O3/c1-10-9-15-17-13-5-3-4-6-14(13)18(15)16(20)12(10)7-8-21-11(2)19/h3-6,9,17H,7-8H2,1-2H3. The minimum absolute atomic E-state index is 0.0606. The van der Waals surface area contributed by atoms with Gasteiger partial charge in [-0.05, 0) is 30.7 Å². The van der Waals surface area contributed by atoms with Crippen LogP contribution in [0.2, 0.25) is 0 Å². The highest BCUT2D eigenvalue weighted by atomic mass is 16.5. The molecule has 0 unspecified atom stereocenters. The van der Waals surface area contributed by atoms with Crippen LogP contribution in [0, 0.1) is 6.92 Å². The van der Waals surface area contributed by atoms with Crippen LogP contribution in [0.25, 0.3) is 16.7 Å². The van der Waals surface area contributed by atoms with Crippen LogP contribution in [-0.4, -0.2) is 22.0 Å². The maximum atomic E-state index is 12.7. The number of esters is 1. The molecule has 2 aromatic heterocycles. The van der Waals surface area contributed by atoms with E-state index in [1.807, 2.05) is 37.3 Å². The van der Waals surface area contributed by atoms with Gasteiger partial charge in [-0.15, -0.1) is 0 Å². The van der Waals surface area contributed by atoms with Crippen molar-refractivity contribution in [1.82, 2.24) is 9.38 Å². The molecule has 5 heteroatoms. The van der Waals surface area contributed by atoms with E-state index in [0.29, 0.717) is 12.0 Å². The van der Waals surface area contributed by atoms with Gasteiger partial charge < -0.3 is 9.72 Å². The van der Waals surface area contributed by atoms with Gasteiger partial charge in [-0.3, -0.25) is 14.0 Å². The third-order valence-electron chi connectivity index (χ3n) is 3.60. The van der Waals surface area contributed by atoms with E-state index in [4.69, 9.17) is 4.74 Å². The molecular weight excluding hydrogens is 268 g/mol. The molecule has 1 N–H and O–H groups in total. The fraction of sp³-hybridized carbons (Fsp3) is 0.250. The Morgan fingerprint density at radius 1 is 1.33 bits per heavy atom. The van der Waals surface area contributed by atoms with Gasteiger partial charge in [0.25, 0.3) is 5.56 Å². The number of rotatable bonds is 3. The summed E-state index contributed by atoms with van der Waals surface area (Å²) >= 11 is 0. The first-order valence-electron chi connectivity index (χ1n) is 6.83. The Labute approximate surface area is 121 Å². The fourth-order valence-corrected chi connectivity index (χ4v) is 2.61. The maximum Gasteiger partial charge on any atom is 0.302 e. The molecule has 0 saturated heterocycles. The second-order valence-electron chi connectivity index (χ2n) is 5.06. The number of fused-ring (bicyclic) bond motifs is 3. The number of hydrogen-bond acceptors (Lipinski definition) is 3. The van der Waals surface area contributed by atoms with Gasteiger partial charge in [-0.2, -0.15) is 0 Å². The van der Waals surface area contributed by atoms with Crippen molar-refractivity contribution in [3.05, 3.63) is 51.8 Å². The average molecular weight is 284 g/mol. The number of para-hydroxylation sites is 2. The van der Waals surface area contributed by atoms with Gasteiger partial charge in [0.05, 0.1) is 17.6 Å². The van der Waals surface area contributed by atoms with Gasteiger partial charge in [0, 0.05) is 18.9 Å². The SMILES string of the molecule is CC(=O)OCCc1c(C)cc2[nH]c3ccccc3n2c1=O. The lowest BCUT2D eigenvalue weighted by Gasteiger charge is -2.06. The molecule has 0 saturated carbocycles. The van der Waals surface area contributed by atoms with Crippen molar-refractivity contribution >= 4 is 22.6 Å². The summed E-state index contributed by atoms with van der Waals surface area (Å²) in [4.78, 5) is 26.8. The number of pyridine rings is 1. The van der Waals surface area contributed by atoms with Crippen molar-refractivity contribution < 1.29 is 9.53 Å². The molecule has 5 nitrogen and oxygen atoms in total. The molecule has 0 radical (unpaired) electrons. The highest BCUT2D eigenvalue weighted by Gasteiger charge is 2.12. The van der Waals surface area contributed by atoms with Crippen molar-refractivity contribution in [2.75, 3.05) is 6.61 Å². The van der Waals surface area contributed by atoms with Crippen LogP contribution in [0.15, 0.2) is 35.1 Å². The molecule has 108 valence electrons. The van der Waals surface area contributed by atoms with Crippen molar-refractivity contribution in [1.29, 1.82) is 0 Å². The summed E-state index contributed by atoms with van der Waals surface area (Å²) < 4.78 is 6.61. The molecule has 21 heavy (non-hydrogen) atoms. The number of nitrogens with zero attached hydrogens (tertiary/aromatic N) is 1. The molecule has 0 aliphatic rings. The molecule has 0 amide bonds. The van der Waals surface area contributed by atoms with Gasteiger partial charge in [0.2, 0.25) is 0 Å². The first kappa shape index (κ1) is 13.4. The van der Waals surface area contributed by atoms with E-state index < -0.39 is 0 Å². The second-order valence-corrected chi connectivity index (χ2v) is 5.06. The summed E-state index contributed by atoms with van der Waals surface area (Å²) in [6.07, 6.45) is 0.423. The monoisotopic (exact) mass is 284 g/mol. The maximum absolute atomic E-state index is 12.7. The summed E-state index contributed by atoms with van der Waals surface area (Å²) in [6.45, 7) is 3.48. The highest BCUT2D eigenvalue weighted by Crippen LogP contribution is 2.16. The molecule has 0 spiro atoms. The number of hydrogen-bond donors (Lipinski definition) is 1. The molecule has 0 fully saturated rings. The molecule has 2 heterocycles. The van der Waals surface area contributed by atoms with E-state index in [2.05, 4.69) is 4.98 Å². The molecule has 0 bridgehead atoms. The van der Waals surface area contributed by atoms with Crippen LogP contribution < -0.4 is 5.56 Å². The van der Waals surface area contributed by atoms with Gasteiger partial charge in [0.15, 0.2) is 0 Å². The van der Waals surface area contributed by atoms with Gasteiger partial charge in [-0.25, -0.2) is 0 Å². The highest BCUT2D eigenvalue weighted by molar-refractivity contribution is 5.80. The lowest BCUT2D eigenvalue weighted by atomic mass is 10.1. The summed E-state index contributed by atoms with van der Waals surface area (Å²) in [6, 6.07) is 9.63. The first-order valence-corrected chi connectivity index (χ1v) is 6.83. The Bertz CT molecular complexity index is 890. The summed E-state index contributed by atoms with van der Waals surface area (Å²) in [5.41, 5.74) is 4.07. The number of carbonyl (C=O) groups excluding carboxylic acids is 1. The topological polar surface area (TPSA) is 63.6 Å². The average Bonchev–Trinajstić information content (AvgIpc) is 2.80. The second kappa shape index (κ2) is 5.09. The Hall–Kier alpha value is -2.56. The van der Waals surface area contributed by atoms with Crippen LogP contribution in [0.1, 0.15) is 18.1 Å². The summed E-state index contributed by atoms with van der Waals surface area (Å²) in [5, 5.41) is 0. The number of H-pyrrole nitrogens is 1. The quantitative estimate of drug-likeness (QED) is 0.750. The zero-order valence-electron chi connectivity index (χ0n) is 12.0. The number of benzene rings is 1. The zero-order chi connectivity index (χ0) is 15.0. The van der Waals surface area contributed by atoms with Crippen LogP contribution in [0.5, 0.6) is 0 Å². The predicted octanol–water partition coefficient (Wildman–Crippen LogP) is 2.19. The number of ether oxygens (including phenoxy) is 1. The number of nitrogens with one attached hydrogen (secondary N) is 1. The molecular formula is C16H16N2O3. The zero-order valence-corrected chi connectivity index (χ0v) is 12.0. The van der Waals surface area contributed by atoms with Gasteiger partial charge in [-0.1, -0.05) is 12.1 Å². The lowest BCUT2D eigenvalue weighted by molar-refractivity contribution is -0.140. The lowest BCUT2D eigenvalue weighted by Crippen LogP contribution is -2.21. The Kier molecular flexibility index (Phi) is 3.25. The number of carbonyl (C=O) groups is 1. The van der Waals surface area contributed by atoms with E-state index >= 15 is 0 Å². The summed E-state index contributed by atoms with van der Waals surface area (Å²) in [7, 11) is 0. The number of imidazole rings is 1. The van der Waals surface area contributed by atoms with E-state index in [1.54, 1.807) is 4.40 Å². The first-order chi connectivity index (χ1) is 10.1. The van der Waals surface area contributed by atoms with E-state index in [0.717, 1.165) is 22.2 Å². The predicted molar refractivity (Wildman–Crippen MR) is 80.6 cm³/mol.